The maximum atomic E-state index is 13.0. The van der Waals surface area contributed by atoms with Crippen LogP contribution in [-0.2, 0) is 10.0 Å². The van der Waals surface area contributed by atoms with Gasteiger partial charge in [-0.15, -0.1) is 0 Å². The Balaban J connectivity index is 1.85. The van der Waals surface area contributed by atoms with Crippen molar-refractivity contribution in [3.05, 3.63) is 58.0 Å². The third-order valence-corrected chi connectivity index (χ3v) is 6.15. The van der Waals surface area contributed by atoms with Crippen molar-refractivity contribution in [2.75, 3.05) is 13.1 Å². The number of carboxylic acids is 1. The molecule has 2 aromatic rings. The Bertz CT molecular complexity index is 988. The monoisotopic (exact) mass is 381 g/mol. The van der Waals surface area contributed by atoms with Crippen LogP contribution in [0.25, 0.3) is 0 Å². The number of halogens is 1. The molecule has 1 aliphatic rings. The van der Waals surface area contributed by atoms with Crippen molar-refractivity contribution in [3.63, 3.8) is 0 Å². The predicted molar refractivity (Wildman–Crippen MR) is 89.0 cm³/mol. The molecule has 2 N–H and O–H groups in total. The number of rotatable bonds is 4. The minimum absolute atomic E-state index is 0.0118. The van der Waals surface area contributed by atoms with Crippen LogP contribution in [0.5, 0.6) is 0 Å². The van der Waals surface area contributed by atoms with E-state index in [-0.39, 0.29) is 23.2 Å². The number of aromatic nitrogens is 2. The number of carbonyl (C=O) groups is 1. The first-order valence-electron chi connectivity index (χ1n) is 7.87. The Morgan fingerprint density at radius 2 is 2.00 bits per heavy atom. The summed E-state index contributed by atoms with van der Waals surface area (Å²) in [6.07, 6.45) is 2.13. The summed E-state index contributed by atoms with van der Waals surface area (Å²) in [6, 6.07) is 4.57. The Labute approximate surface area is 148 Å². The van der Waals surface area contributed by atoms with Crippen molar-refractivity contribution < 1.29 is 22.7 Å². The van der Waals surface area contributed by atoms with Gasteiger partial charge in [0, 0.05) is 25.2 Å². The molecule has 0 radical (unpaired) electrons. The molecule has 3 rings (SSSR count). The minimum Gasteiger partial charge on any atom is -0.477 e. The summed E-state index contributed by atoms with van der Waals surface area (Å²) in [5.74, 6) is -2.02. The second-order valence-electron chi connectivity index (χ2n) is 5.97. The number of benzene rings is 1. The van der Waals surface area contributed by atoms with E-state index in [1.54, 1.807) is 0 Å². The van der Waals surface area contributed by atoms with Crippen LogP contribution < -0.4 is 5.56 Å². The molecule has 1 atom stereocenters. The van der Waals surface area contributed by atoms with E-state index >= 15 is 0 Å². The van der Waals surface area contributed by atoms with Crippen LogP contribution in [0.15, 0.2) is 40.2 Å². The predicted octanol–water partition coefficient (Wildman–Crippen LogP) is 1.18. The number of nitrogens with zero attached hydrogens (tertiary/aromatic N) is 2. The van der Waals surface area contributed by atoms with E-state index in [2.05, 4.69) is 9.97 Å². The smallest absolute Gasteiger partial charge is 0.342 e. The first-order valence-corrected chi connectivity index (χ1v) is 9.31. The van der Waals surface area contributed by atoms with E-state index in [1.165, 1.54) is 16.4 Å². The van der Waals surface area contributed by atoms with Crippen LogP contribution in [0.2, 0.25) is 0 Å². The lowest BCUT2D eigenvalue weighted by atomic mass is 9.99. The Kier molecular flexibility index (Phi) is 4.88. The topological polar surface area (TPSA) is 120 Å². The number of piperidine rings is 1. The summed E-state index contributed by atoms with van der Waals surface area (Å²) >= 11 is 0. The van der Waals surface area contributed by atoms with Gasteiger partial charge in [-0.3, -0.25) is 4.79 Å². The number of hydrogen-bond donors (Lipinski definition) is 2. The van der Waals surface area contributed by atoms with Gasteiger partial charge in [-0.05, 0) is 37.1 Å². The van der Waals surface area contributed by atoms with Gasteiger partial charge in [-0.25, -0.2) is 22.6 Å². The molecule has 1 saturated heterocycles. The highest BCUT2D eigenvalue weighted by atomic mass is 32.2. The molecule has 1 aromatic carbocycles. The van der Waals surface area contributed by atoms with Crippen molar-refractivity contribution in [1.29, 1.82) is 0 Å². The largest absolute Gasteiger partial charge is 0.477 e. The van der Waals surface area contributed by atoms with Crippen LogP contribution in [-0.4, -0.2) is 46.9 Å². The number of carboxylic acid groups (broad SMARTS) is 1. The van der Waals surface area contributed by atoms with Gasteiger partial charge < -0.3 is 10.1 Å². The maximum absolute atomic E-state index is 13.0. The highest BCUT2D eigenvalue weighted by molar-refractivity contribution is 7.89. The lowest BCUT2D eigenvalue weighted by Crippen LogP contribution is -2.40. The molecule has 138 valence electrons. The Morgan fingerprint density at radius 3 is 2.62 bits per heavy atom. The summed E-state index contributed by atoms with van der Waals surface area (Å²) in [4.78, 5) is 29.1. The summed E-state index contributed by atoms with van der Waals surface area (Å²) in [6.45, 7) is 0.392. The standard InChI is InChI=1S/C16H16FN3O5S/c17-11-3-5-12(6-4-11)26(24,25)20-7-1-2-10(9-20)14-18-8-13(16(22)23)15(21)19-14/h3-6,8,10H,1-2,7,9H2,(H,22,23)(H,18,19,21). The zero-order valence-electron chi connectivity index (χ0n) is 13.6. The molecule has 1 unspecified atom stereocenters. The van der Waals surface area contributed by atoms with Crippen LogP contribution in [0, 0.1) is 5.82 Å². The van der Waals surface area contributed by atoms with Gasteiger partial charge in [0.15, 0.2) is 0 Å². The Morgan fingerprint density at radius 1 is 1.31 bits per heavy atom. The van der Waals surface area contributed by atoms with E-state index in [1.807, 2.05) is 0 Å². The molecule has 0 amide bonds. The van der Waals surface area contributed by atoms with Gasteiger partial charge in [0.05, 0.1) is 4.90 Å². The number of sulfonamides is 1. The highest BCUT2D eigenvalue weighted by Gasteiger charge is 2.32. The molecule has 1 aliphatic heterocycles. The SMILES string of the molecule is O=C(O)c1cnc(C2CCCN(S(=O)(=O)c3ccc(F)cc3)C2)[nH]c1=O. The molecule has 10 heteroatoms. The molecule has 8 nitrogen and oxygen atoms in total. The Hall–Kier alpha value is -2.59. The van der Waals surface area contributed by atoms with Crippen LogP contribution in [0.4, 0.5) is 4.39 Å². The van der Waals surface area contributed by atoms with Gasteiger partial charge in [-0.2, -0.15) is 4.31 Å². The zero-order chi connectivity index (χ0) is 18.9. The summed E-state index contributed by atoms with van der Waals surface area (Å²) in [7, 11) is -3.80. The number of aromatic carboxylic acids is 1. The van der Waals surface area contributed by atoms with E-state index in [0.29, 0.717) is 19.4 Å². The molecule has 1 fully saturated rings. The quantitative estimate of drug-likeness (QED) is 0.820. The van der Waals surface area contributed by atoms with Crippen molar-refractivity contribution in [2.24, 2.45) is 0 Å². The lowest BCUT2D eigenvalue weighted by molar-refractivity contribution is 0.0694. The van der Waals surface area contributed by atoms with Gasteiger partial charge in [0.1, 0.15) is 17.2 Å². The fraction of sp³-hybridized carbons (Fsp3) is 0.312. The number of H-pyrrole nitrogens is 1. The third kappa shape index (κ3) is 3.51. The van der Waals surface area contributed by atoms with Gasteiger partial charge in [0.25, 0.3) is 5.56 Å². The molecule has 0 saturated carbocycles. The molecule has 1 aromatic heterocycles. The molecule has 0 spiro atoms. The average Bonchev–Trinajstić information content (AvgIpc) is 2.62. The minimum atomic E-state index is -3.80. The molecule has 0 bridgehead atoms. The summed E-state index contributed by atoms with van der Waals surface area (Å²) in [5, 5.41) is 8.89. The first kappa shape index (κ1) is 18.2. The van der Waals surface area contributed by atoms with Crippen molar-refractivity contribution in [2.45, 2.75) is 23.7 Å². The highest BCUT2D eigenvalue weighted by Crippen LogP contribution is 2.28. The second kappa shape index (κ2) is 6.96. The van der Waals surface area contributed by atoms with Gasteiger partial charge in [0.2, 0.25) is 10.0 Å². The third-order valence-electron chi connectivity index (χ3n) is 4.27. The zero-order valence-corrected chi connectivity index (χ0v) is 14.4. The van der Waals surface area contributed by atoms with Gasteiger partial charge in [-0.1, -0.05) is 0 Å². The number of nitrogens with one attached hydrogen (secondary N) is 1. The molecular formula is C16H16FN3O5S. The van der Waals surface area contributed by atoms with Crippen molar-refractivity contribution in [1.82, 2.24) is 14.3 Å². The van der Waals surface area contributed by atoms with Crippen LogP contribution in [0.1, 0.15) is 34.9 Å². The van der Waals surface area contributed by atoms with Crippen molar-refractivity contribution >= 4 is 16.0 Å². The van der Waals surface area contributed by atoms with Gasteiger partial charge >= 0.3 is 5.97 Å². The summed E-state index contributed by atoms with van der Waals surface area (Å²) in [5.41, 5.74) is -1.25. The number of hydrogen-bond acceptors (Lipinski definition) is 5. The van der Waals surface area contributed by atoms with E-state index in [9.17, 15) is 22.4 Å². The van der Waals surface area contributed by atoms with Crippen molar-refractivity contribution in [3.8, 4) is 0 Å². The molecule has 26 heavy (non-hydrogen) atoms. The summed E-state index contributed by atoms with van der Waals surface area (Å²) < 4.78 is 39.7. The van der Waals surface area contributed by atoms with Crippen LogP contribution >= 0.6 is 0 Å². The first-order chi connectivity index (χ1) is 12.3. The fourth-order valence-corrected chi connectivity index (χ4v) is 4.43. The molecule has 2 heterocycles. The maximum Gasteiger partial charge on any atom is 0.342 e. The van der Waals surface area contributed by atoms with E-state index in [0.717, 1.165) is 18.3 Å². The van der Waals surface area contributed by atoms with E-state index in [4.69, 9.17) is 5.11 Å². The fourth-order valence-electron chi connectivity index (χ4n) is 2.91. The molecule has 0 aliphatic carbocycles. The average molecular weight is 381 g/mol. The molecular weight excluding hydrogens is 365 g/mol. The normalized spacial score (nSPS) is 18.6. The lowest BCUT2D eigenvalue weighted by Gasteiger charge is -2.31. The van der Waals surface area contributed by atoms with Crippen LogP contribution in [0.3, 0.4) is 0 Å². The van der Waals surface area contributed by atoms with E-state index < -0.39 is 32.9 Å². The number of aromatic amines is 1. The second-order valence-corrected chi connectivity index (χ2v) is 7.91.